The Balaban J connectivity index is 1.75. The number of carbonyl (C=O) groups is 1. The summed E-state index contributed by atoms with van der Waals surface area (Å²) < 4.78 is 65.0. The Bertz CT molecular complexity index is 1310. The van der Waals surface area contributed by atoms with Crippen LogP contribution in [-0.2, 0) is 22.7 Å². The third-order valence-corrected chi connectivity index (χ3v) is 6.23. The molecule has 34 heavy (non-hydrogen) atoms. The number of amides is 1. The van der Waals surface area contributed by atoms with Crippen LogP contribution in [0.2, 0.25) is 5.02 Å². The Kier molecular flexibility index (Phi) is 7.63. The standard InChI is InChI=1S/C23H19ClF3N3O3S/c1-34(32,33)30(15-18-7-3-5-9-21(18)24)19-12-10-16(11-13-19)22(31)29-28-14-17-6-2-4-8-20(17)23(25,26)27/h2-14H,15H2,1H3,(H,29,31)/b28-14-. The Hall–Kier alpha value is -3.37. The molecule has 3 aromatic rings. The zero-order valence-electron chi connectivity index (χ0n) is 17.8. The molecule has 0 radical (unpaired) electrons. The van der Waals surface area contributed by atoms with Crippen LogP contribution in [0.3, 0.4) is 0 Å². The Morgan fingerprint density at radius 2 is 1.65 bits per heavy atom. The van der Waals surface area contributed by atoms with Crippen molar-refractivity contribution in [2.24, 2.45) is 5.10 Å². The van der Waals surface area contributed by atoms with Crippen LogP contribution in [-0.4, -0.2) is 26.8 Å². The van der Waals surface area contributed by atoms with Gasteiger partial charge in [0.05, 0.1) is 30.3 Å². The van der Waals surface area contributed by atoms with Gasteiger partial charge < -0.3 is 0 Å². The molecular weight excluding hydrogens is 491 g/mol. The van der Waals surface area contributed by atoms with Crippen LogP contribution >= 0.6 is 11.6 Å². The fraction of sp³-hybridized carbons (Fsp3) is 0.130. The predicted molar refractivity (Wildman–Crippen MR) is 125 cm³/mol. The molecule has 6 nitrogen and oxygen atoms in total. The smallest absolute Gasteiger partial charge is 0.267 e. The number of sulfonamides is 1. The first kappa shape index (κ1) is 25.3. The van der Waals surface area contributed by atoms with Gasteiger partial charge in [-0.05, 0) is 42.0 Å². The molecule has 0 saturated carbocycles. The topological polar surface area (TPSA) is 78.8 Å². The molecule has 3 rings (SSSR count). The average molecular weight is 510 g/mol. The highest BCUT2D eigenvalue weighted by Crippen LogP contribution is 2.31. The van der Waals surface area contributed by atoms with Crippen LogP contribution < -0.4 is 9.73 Å². The van der Waals surface area contributed by atoms with Gasteiger partial charge in [0.1, 0.15) is 0 Å². The summed E-state index contributed by atoms with van der Waals surface area (Å²) in [6, 6.07) is 17.3. The van der Waals surface area contributed by atoms with E-state index in [-0.39, 0.29) is 17.7 Å². The number of hydrazone groups is 1. The van der Waals surface area contributed by atoms with Crippen molar-refractivity contribution in [1.29, 1.82) is 0 Å². The number of rotatable bonds is 7. The van der Waals surface area contributed by atoms with Gasteiger partial charge in [-0.1, -0.05) is 48.0 Å². The second kappa shape index (κ2) is 10.3. The van der Waals surface area contributed by atoms with E-state index >= 15 is 0 Å². The number of alkyl halides is 3. The molecule has 0 bridgehead atoms. The van der Waals surface area contributed by atoms with Gasteiger partial charge >= 0.3 is 6.18 Å². The van der Waals surface area contributed by atoms with Crippen LogP contribution in [0, 0.1) is 0 Å². The van der Waals surface area contributed by atoms with Gasteiger partial charge in [-0.2, -0.15) is 18.3 Å². The normalized spacial score (nSPS) is 12.0. The summed E-state index contributed by atoms with van der Waals surface area (Å²) >= 11 is 6.15. The second-order valence-corrected chi connectivity index (χ2v) is 9.51. The van der Waals surface area contributed by atoms with E-state index in [1.54, 1.807) is 24.3 Å². The van der Waals surface area contributed by atoms with E-state index in [1.165, 1.54) is 42.5 Å². The van der Waals surface area contributed by atoms with Crippen molar-refractivity contribution in [3.05, 3.63) is 100 Å². The van der Waals surface area contributed by atoms with E-state index < -0.39 is 27.7 Å². The first-order chi connectivity index (χ1) is 16.0. The minimum absolute atomic E-state index is 0.00699. The summed E-state index contributed by atoms with van der Waals surface area (Å²) in [5.41, 5.74) is 2.13. The van der Waals surface area contributed by atoms with Crippen molar-refractivity contribution in [3.63, 3.8) is 0 Å². The predicted octanol–water partition coefficient (Wildman–Crippen LogP) is 5.09. The number of halogens is 4. The van der Waals surface area contributed by atoms with Gasteiger partial charge in [-0.25, -0.2) is 13.8 Å². The summed E-state index contributed by atoms with van der Waals surface area (Å²) in [7, 11) is -3.67. The molecule has 0 heterocycles. The van der Waals surface area contributed by atoms with Gasteiger partial charge in [-0.3, -0.25) is 9.10 Å². The number of hydrogen-bond donors (Lipinski definition) is 1. The molecule has 0 saturated heterocycles. The molecule has 0 aromatic heterocycles. The lowest BCUT2D eigenvalue weighted by atomic mass is 10.1. The molecule has 1 N–H and O–H groups in total. The number of nitrogens with zero attached hydrogens (tertiary/aromatic N) is 2. The van der Waals surface area contributed by atoms with Crippen LogP contribution in [0.5, 0.6) is 0 Å². The van der Waals surface area contributed by atoms with Gasteiger partial charge in [0, 0.05) is 16.1 Å². The SMILES string of the molecule is CS(=O)(=O)N(Cc1ccccc1Cl)c1ccc(C(=O)N/N=C\c2ccccc2C(F)(F)F)cc1. The van der Waals surface area contributed by atoms with Crippen molar-refractivity contribution in [2.75, 3.05) is 10.6 Å². The Labute approximate surface area is 199 Å². The summed E-state index contributed by atoms with van der Waals surface area (Å²) in [5.74, 6) is -0.677. The average Bonchev–Trinajstić information content (AvgIpc) is 2.77. The lowest BCUT2D eigenvalue weighted by Gasteiger charge is -2.23. The first-order valence-electron chi connectivity index (χ1n) is 9.77. The summed E-state index contributed by atoms with van der Waals surface area (Å²) in [6.45, 7) is -0.00699. The lowest BCUT2D eigenvalue weighted by molar-refractivity contribution is -0.137. The number of anilines is 1. The molecule has 0 aliphatic carbocycles. The van der Waals surface area contributed by atoms with Crippen LogP contribution in [0.15, 0.2) is 77.9 Å². The van der Waals surface area contributed by atoms with E-state index in [4.69, 9.17) is 11.6 Å². The van der Waals surface area contributed by atoms with Crippen molar-refractivity contribution in [1.82, 2.24) is 5.43 Å². The highest BCUT2D eigenvalue weighted by Gasteiger charge is 2.32. The number of carbonyl (C=O) groups excluding carboxylic acids is 1. The maximum atomic E-state index is 13.0. The molecular formula is C23H19ClF3N3O3S. The fourth-order valence-electron chi connectivity index (χ4n) is 3.05. The van der Waals surface area contributed by atoms with Crippen LogP contribution in [0.1, 0.15) is 27.0 Å². The lowest BCUT2D eigenvalue weighted by Crippen LogP contribution is -2.29. The van der Waals surface area contributed by atoms with Crippen molar-refractivity contribution in [2.45, 2.75) is 12.7 Å². The third-order valence-electron chi connectivity index (χ3n) is 4.73. The summed E-state index contributed by atoms with van der Waals surface area (Å²) in [6.07, 6.45) is -2.60. The molecule has 3 aromatic carbocycles. The number of hydrogen-bond acceptors (Lipinski definition) is 4. The van der Waals surface area contributed by atoms with E-state index in [0.29, 0.717) is 16.3 Å². The first-order valence-corrected chi connectivity index (χ1v) is 12.0. The molecule has 0 spiro atoms. The number of nitrogens with one attached hydrogen (secondary N) is 1. The Morgan fingerprint density at radius 3 is 2.26 bits per heavy atom. The Morgan fingerprint density at radius 1 is 1.03 bits per heavy atom. The molecule has 1 amide bonds. The quantitative estimate of drug-likeness (QED) is 0.356. The van der Waals surface area contributed by atoms with Gasteiger partial charge in [0.15, 0.2) is 0 Å². The van der Waals surface area contributed by atoms with Gasteiger partial charge in [0.2, 0.25) is 10.0 Å². The second-order valence-electron chi connectivity index (χ2n) is 7.19. The van der Waals surface area contributed by atoms with Gasteiger partial charge in [-0.15, -0.1) is 0 Å². The van der Waals surface area contributed by atoms with Crippen LogP contribution in [0.25, 0.3) is 0 Å². The van der Waals surface area contributed by atoms with Crippen molar-refractivity contribution < 1.29 is 26.4 Å². The number of benzene rings is 3. The fourth-order valence-corrected chi connectivity index (χ4v) is 4.13. The molecule has 0 atom stereocenters. The molecule has 0 fully saturated rings. The zero-order chi connectivity index (χ0) is 24.9. The monoisotopic (exact) mass is 509 g/mol. The molecule has 0 unspecified atom stereocenters. The highest BCUT2D eigenvalue weighted by molar-refractivity contribution is 7.92. The van der Waals surface area contributed by atoms with Crippen molar-refractivity contribution >= 4 is 39.4 Å². The van der Waals surface area contributed by atoms with Crippen LogP contribution in [0.4, 0.5) is 18.9 Å². The molecule has 0 aliphatic heterocycles. The maximum Gasteiger partial charge on any atom is 0.417 e. The minimum Gasteiger partial charge on any atom is -0.267 e. The zero-order valence-corrected chi connectivity index (χ0v) is 19.3. The van der Waals surface area contributed by atoms with E-state index in [9.17, 15) is 26.4 Å². The highest BCUT2D eigenvalue weighted by atomic mass is 35.5. The van der Waals surface area contributed by atoms with Crippen molar-refractivity contribution in [3.8, 4) is 0 Å². The third kappa shape index (κ3) is 6.36. The van der Waals surface area contributed by atoms with E-state index in [0.717, 1.165) is 22.8 Å². The van der Waals surface area contributed by atoms with E-state index in [1.807, 2.05) is 0 Å². The molecule has 0 aliphatic rings. The molecule has 11 heteroatoms. The minimum atomic E-state index is -4.56. The summed E-state index contributed by atoms with van der Waals surface area (Å²) in [4.78, 5) is 12.3. The largest absolute Gasteiger partial charge is 0.417 e. The molecule has 178 valence electrons. The summed E-state index contributed by atoms with van der Waals surface area (Å²) in [5, 5.41) is 4.02. The maximum absolute atomic E-state index is 13.0. The van der Waals surface area contributed by atoms with E-state index in [2.05, 4.69) is 10.5 Å². The van der Waals surface area contributed by atoms with Gasteiger partial charge in [0.25, 0.3) is 5.91 Å².